The fourth-order valence-electron chi connectivity index (χ4n) is 1.66. The van der Waals surface area contributed by atoms with Gasteiger partial charge in [-0.05, 0) is 35.0 Å². The summed E-state index contributed by atoms with van der Waals surface area (Å²) >= 11 is 6.21. The van der Waals surface area contributed by atoms with Gasteiger partial charge in [-0.15, -0.1) is 22.7 Å². The number of hydrogen-bond donors (Lipinski definition) is 2. The van der Waals surface area contributed by atoms with Crippen LogP contribution in [-0.2, 0) is 11.2 Å². The molecular formula is C13H13BrN2O3S2. The molecule has 2 heterocycles. The van der Waals surface area contributed by atoms with Gasteiger partial charge < -0.3 is 10.4 Å². The number of carbonyl (C=O) groups is 2. The number of rotatable bonds is 6. The van der Waals surface area contributed by atoms with Crippen molar-refractivity contribution < 1.29 is 14.7 Å². The first-order valence-corrected chi connectivity index (χ1v) is 8.67. The molecule has 21 heavy (non-hydrogen) atoms. The van der Waals surface area contributed by atoms with E-state index >= 15 is 0 Å². The molecule has 0 aromatic carbocycles. The third-order valence-corrected chi connectivity index (χ3v) is 5.54. The lowest BCUT2D eigenvalue weighted by atomic mass is 10.1. The van der Waals surface area contributed by atoms with Gasteiger partial charge in [0.2, 0.25) is 5.91 Å². The van der Waals surface area contributed by atoms with E-state index in [0.717, 1.165) is 8.66 Å². The van der Waals surface area contributed by atoms with Gasteiger partial charge in [0.15, 0.2) is 5.69 Å². The van der Waals surface area contributed by atoms with Crippen LogP contribution in [0.2, 0.25) is 0 Å². The number of amides is 1. The second-order valence-electron chi connectivity index (χ2n) is 4.34. The number of hydrogen-bond acceptors (Lipinski definition) is 5. The summed E-state index contributed by atoms with van der Waals surface area (Å²) in [6.07, 6.45) is 0.532. The normalized spacial score (nSPS) is 12.1. The van der Waals surface area contributed by atoms with Crippen molar-refractivity contribution in [3.63, 3.8) is 0 Å². The number of halogens is 1. The molecule has 1 atom stereocenters. The third-order valence-electron chi connectivity index (χ3n) is 2.82. The van der Waals surface area contributed by atoms with Crippen LogP contribution in [0, 0.1) is 0 Å². The van der Waals surface area contributed by atoms with Gasteiger partial charge in [-0.25, -0.2) is 9.78 Å². The highest BCUT2D eigenvalue weighted by Gasteiger charge is 2.17. The first kappa shape index (κ1) is 16.1. The van der Waals surface area contributed by atoms with Gasteiger partial charge in [-0.1, -0.05) is 0 Å². The molecule has 0 saturated carbocycles. The Balaban J connectivity index is 1.82. The van der Waals surface area contributed by atoms with Crippen LogP contribution in [0.3, 0.4) is 0 Å². The standard InChI is InChI=1S/C13H13BrN2O3S2/c1-7(9-2-3-10(14)21-9)12(17)15-5-4-11-16-8(6-20-11)13(18)19/h2-3,6-7H,4-5H2,1H3,(H,15,17)(H,18,19). The van der Waals surface area contributed by atoms with Crippen molar-refractivity contribution in [3.8, 4) is 0 Å². The molecule has 0 bridgehead atoms. The number of nitrogens with zero attached hydrogens (tertiary/aromatic N) is 1. The Morgan fingerprint density at radius 3 is 2.81 bits per heavy atom. The molecule has 0 aliphatic carbocycles. The largest absolute Gasteiger partial charge is 0.476 e. The van der Waals surface area contributed by atoms with Crippen LogP contribution in [0.5, 0.6) is 0 Å². The molecule has 0 saturated heterocycles. The quantitative estimate of drug-likeness (QED) is 0.796. The van der Waals surface area contributed by atoms with Crippen molar-refractivity contribution >= 4 is 50.5 Å². The van der Waals surface area contributed by atoms with Gasteiger partial charge >= 0.3 is 5.97 Å². The summed E-state index contributed by atoms with van der Waals surface area (Å²) in [5.74, 6) is -1.27. The van der Waals surface area contributed by atoms with Crippen molar-refractivity contribution in [2.24, 2.45) is 0 Å². The summed E-state index contributed by atoms with van der Waals surface area (Å²) in [4.78, 5) is 27.7. The Bertz CT molecular complexity index is 653. The van der Waals surface area contributed by atoms with Gasteiger partial charge in [-0.3, -0.25) is 4.79 Å². The molecule has 1 unspecified atom stereocenters. The minimum atomic E-state index is -1.03. The molecule has 2 rings (SSSR count). The minimum absolute atomic E-state index is 0.0423. The van der Waals surface area contributed by atoms with Crippen LogP contribution >= 0.6 is 38.6 Å². The third kappa shape index (κ3) is 4.36. The average molecular weight is 389 g/mol. The summed E-state index contributed by atoms with van der Waals surface area (Å²) < 4.78 is 1.00. The zero-order valence-electron chi connectivity index (χ0n) is 11.1. The monoisotopic (exact) mass is 388 g/mol. The van der Waals surface area contributed by atoms with Crippen molar-refractivity contribution in [2.75, 3.05) is 6.54 Å². The highest BCUT2D eigenvalue weighted by Crippen LogP contribution is 2.28. The average Bonchev–Trinajstić information content (AvgIpc) is 3.07. The number of carboxylic acids is 1. The van der Waals surface area contributed by atoms with Gasteiger partial charge in [0.1, 0.15) is 0 Å². The second kappa shape index (κ2) is 7.15. The van der Waals surface area contributed by atoms with E-state index in [0.29, 0.717) is 18.0 Å². The zero-order chi connectivity index (χ0) is 15.4. The summed E-state index contributed by atoms with van der Waals surface area (Å²) in [5.41, 5.74) is 0.0538. The number of aromatic carboxylic acids is 1. The first-order valence-electron chi connectivity index (χ1n) is 6.18. The van der Waals surface area contributed by atoms with Crippen molar-refractivity contribution in [1.29, 1.82) is 0 Å². The molecule has 2 aromatic rings. The molecule has 2 N–H and O–H groups in total. The number of thiazole rings is 1. The van der Waals surface area contributed by atoms with Crippen molar-refractivity contribution in [3.05, 3.63) is 36.9 Å². The number of carboxylic acid groups (broad SMARTS) is 1. The smallest absolute Gasteiger partial charge is 0.355 e. The Morgan fingerprint density at radius 1 is 1.48 bits per heavy atom. The highest BCUT2D eigenvalue weighted by molar-refractivity contribution is 9.11. The van der Waals surface area contributed by atoms with Crippen molar-refractivity contribution in [1.82, 2.24) is 10.3 Å². The molecule has 0 spiro atoms. The molecule has 5 nitrogen and oxygen atoms in total. The fourth-order valence-corrected chi connectivity index (χ4v) is 3.91. The van der Waals surface area contributed by atoms with Crippen LogP contribution in [0.15, 0.2) is 21.3 Å². The SMILES string of the molecule is CC(C(=O)NCCc1nc(C(=O)O)cs1)c1ccc(Br)s1. The molecule has 1 amide bonds. The van der Waals surface area contributed by atoms with Crippen LogP contribution in [0.25, 0.3) is 0 Å². The molecule has 0 aliphatic rings. The minimum Gasteiger partial charge on any atom is -0.476 e. The van der Waals surface area contributed by atoms with Crippen LogP contribution < -0.4 is 5.32 Å². The van der Waals surface area contributed by atoms with Gasteiger partial charge in [-0.2, -0.15) is 0 Å². The molecule has 0 aliphatic heterocycles. The van der Waals surface area contributed by atoms with Crippen LogP contribution in [0.1, 0.15) is 33.2 Å². The van der Waals surface area contributed by atoms with E-state index in [1.54, 1.807) is 11.3 Å². The lowest BCUT2D eigenvalue weighted by Crippen LogP contribution is -2.29. The zero-order valence-corrected chi connectivity index (χ0v) is 14.3. The molecule has 112 valence electrons. The summed E-state index contributed by atoms with van der Waals surface area (Å²) in [6, 6.07) is 3.85. The molecule has 8 heteroatoms. The van der Waals surface area contributed by atoms with Crippen molar-refractivity contribution in [2.45, 2.75) is 19.3 Å². The number of carbonyl (C=O) groups excluding carboxylic acids is 1. The highest BCUT2D eigenvalue weighted by atomic mass is 79.9. The molecule has 0 fully saturated rings. The number of thiophene rings is 1. The Kier molecular flexibility index (Phi) is 5.49. The second-order valence-corrected chi connectivity index (χ2v) is 7.77. The van der Waals surface area contributed by atoms with Crippen LogP contribution in [0.4, 0.5) is 0 Å². The van der Waals surface area contributed by atoms with Crippen LogP contribution in [-0.4, -0.2) is 28.5 Å². The van der Waals surface area contributed by atoms with E-state index in [-0.39, 0.29) is 17.5 Å². The first-order chi connectivity index (χ1) is 9.97. The lowest BCUT2D eigenvalue weighted by Gasteiger charge is -2.09. The van der Waals surface area contributed by atoms with E-state index < -0.39 is 5.97 Å². The predicted molar refractivity (Wildman–Crippen MR) is 86.2 cm³/mol. The fraction of sp³-hybridized carbons (Fsp3) is 0.308. The Morgan fingerprint density at radius 2 is 2.24 bits per heavy atom. The van der Waals surface area contributed by atoms with Gasteiger partial charge in [0.05, 0.1) is 14.7 Å². The van der Waals surface area contributed by atoms with Gasteiger partial charge in [0, 0.05) is 23.2 Å². The Hall–Kier alpha value is -1.25. The van der Waals surface area contributed by atoms with E-state index in [9.17, 15) is 9.59 Å². The molecule has 0 radical (unpaired) electrons. The summed E-state index contributed by atoms with van der Waals surface area (Å²) in [6.45, 7) is 2.31. The van der Waals surface area contributed by atoms with Gasteiger partial charge in [0.25, 0.3) is 0 Å². The topological polar surface area (TPSA) is 79.3 Å². The predicted octanol–water partition coefficient (Wildman–Crippen LogP) is 3.13. The Labute approximate surface area is 138 Å². The molecular weight excluding hydrogens is 376 g/mol. The number of nitrogens with one attached hydrogen (secondary N) is 1. The van der Waals surface area contributed by atoms with E-state index in [1.165, 1.54) is 16.7 Å². The summed E-state index contributed by atoms with van der Waals surface area (Å²) in [5, 5.41) is 13.8. The number of aromatic nitrogens is 1. The van der Waals surface area contributed by atoms with E-state index in [2.05, 4.69) is 26.2 Å². The lowest BCUT2D eigenvalue weighted by molar-refractivity contribution is -0.122. The van der Waals surface area contributed by atoms with E-state index in [4.69, 9.17) is 5.11 Å². The summed E-state index contributed by atoms with van der Waals surface area (Å²) in [7, 11) is 0. The van der Waals surface area contributed by atoms with E-state index in [1.807, 2.05) is 19.1 Å². The maximum Gasteiger partial charge on any atom is 0.355 e. The molecule has 2 aromatic heterocycles. The maximum absolute atomic E-state index is 12.0. The maximum atomic E-state index is 12.0.